The quantitative estimate of drug-likeness (QED) is 0.682. The van der Waals surface area contributed by atoms with Crippen molar-refractivity contribution in [2.45, 2.75) is 39.0 Å². The number of benzene rings is 1. The maximum atomic E-state index is 12.3. The standard InChI is InChI=1S/C16H16ClF3O/c1-10-8-12(17)4-5-13(10)15(3)7-6-14(11(2)9-15)21-16(18,19)20/h4-6,8-9H,7H2,1-3H3. The number of hydrogen-bond donors (Lipinski definition) is 0. The Balaban J connectivity index is 2.32. The molecule has 114 valence electrons. The lowest BCUT2D eigenvalue weighted by molar-refractivity contribution is -0.304. The summed E-state index contributed by atoms with van der Waals surface area (Å²) in [5.74, 6) is -0.119. The molecule has 2 rings (SSSR count). The van der Waals surface area contributed by atoms with Crippen molar-refractivity contribution in [1.82, 2.24) is 0 Å². The second-order valence-electron chi connectivity index (χ2n) is 5.52. The maximum absolute atomic E-state index is 12.3. The van der Waals surface area contributed by atoms with Crippen LogP contribution in [0, 0.1) is 6.92 Å². The third-order valence-corrected chi connectivity index (χ3v) is 3.90. The summed E-state index contributed by atoms with van der Waals surface area (Å²) in [6.45, 7) is 5.56. The van der Waals surface area contributed by atoms with Gasteiger partial charge in [-0.05, 0) is 55.2 Å². The smallest absolute Gasteiger partial charge is 0.406 e. The van der Waals surface area contributed by atoms with Crippen LogP contribution in [0.5, 0.6) is 0 Å². The van der Waals surface area contributed by atoms with E-state index < -0.39 is 6.36 Å². The van der Waals surface area contributed by atoms with Crippen molar-refractivity contribution in [2.24, 2.45) is 0 Å². The van der Waals surface area contributed by atoms with Gasteiger partial charge in [-0.15, -0.1) is 13.2 Å². The molecule has 1 atom stereocenters. The fourth-order valence-corrected chi connectivity index (χ4v) is 3.00. The number of allylic oxidation sites excluding steroid dienone is 3. The highest BCUT2D eigenvalue weighted by molar-refractivity contribution is 6.30. The Morgan fingerprint density at radius 1 is 1.24 bits per heavy atom. The lowest BCUT2D eigenvalue weighted by Crippen LogP contribution is -2.25. The van der Waals surface area contributed by atoms with E-state index in [1.54, 1.807) is 13.0 Å². The van der Waals surface area contributed by atoms with E-state index in [-0.39, 0.29) is 11.2 Å². The molecule has 0 aliphatic heterocycles. The third-order valence-electron chi connectivity index (χ3n) is 3.66. The van der Waals surface area contributed by atoms with Crippen molar-refractivity contribution in [1.29, 1.82) is 0 Å². The monoisotopic (exact) mass is 316 g/mol. The van der Waals surface area contributed by atoms with Gasteiger partial charge in [0, 0.05) is 10.4 Å². The molecule has 5 heteroatoms. The number of aryl methyl sites for hydroxylation is 1. The SMILES string of the molecule is CC1=CC(C)(c2ccc(Cl)cc2C)CC=C1OC(F)(F)F. The third kappa shape index (κ3) is 3.62. The molecular formula is C16H16ClF3O. The molecule has 0 aromatic heterocycles. The van der Waals surface area contributed by atoms with Gasteiger partial charge in [-0.3, -0.25) is 0 Å². The predicted molar refractivity (Wildman–Crippen MR) is 77.1 cm³/mol. The molecule has 0 heterocycles. The molecule has 0 radical (unpaired) electrons. The zero-order chi connectivity index (χ0) is 15.8. The average Bonchev–Trinajstić information content (AvgIpc) is 2.31. The molecule has 0 N–H and O–H groups in total. The zero-order valence-corrected chi connectivity index (χ0v) is 12.8. The van der Waals surface area contributed by atoms with Crippen LogP contribution >= 0.6 is 11.6 Å². The van der Waals surface area contributed by atoms with E-state index in [2.05, 4.69) is 4.74 Å². The lowest BCUT2D eigenvalue weighted by Gasteiger charge is -2.32. The lowest BCUT2D eigenvalue weighted by atomic mass is 9.74. The van der Waals surface area contributed by atoms with Gasteiger partial charge in [-0.25, -0.2) is 0 Å². The fraction of sp³-hybridized carbons (Fsp3) is 0.375. The van der Waals surface area contributed by atoms with Crippen LogP contribution < -0.4 is 0 Å². The van der Waals surface area contributed by atoms with Crippen LogP contribution in [0.15, 0.2) is 41.7 Å². The molecule has 1 aliphatic rings. The Bertz CT molecular complexity index is 616. The molecule has 1 aliphatic carbocycles. The van der Waals surface area contributed by atoms with Crippen molar-refractivity contribution in [3.63, 3.8) is 0 Å². The summed E-state index contributed by atoms with van der Waals surface area (Å²) in [4.78, 5) is 0. The number of alkyl halides is 3. The van der Waals surface area contributed by atoms with Gasteiger partial charge in [0.25, 0.3) is 0 Å². The van der Waals surface area contributed by atoms with E-state index in [1.165, 1.54) is 6.08 Å². The van der Waals surface area contributed by atoms with Gasteiger partial charge in [0.1, 0.15) is 5.76 Å². The van der Waals surface area contributed by atoms with E-state index in [0.29, 0.717) is 17.0 Å². The molecule has 21 heavy (non-hydrogen) atoms. The van der Waals surface area contributed by atoms with Gasteiger partial charge < -0.3 is 4.74 Å². The Morgan fingerprint density at radius 2 is 1.90 bits per heavy atom. The summed E-state index contributed by atoms with van der Waals surface area (Å²) in [6, 6.07) is 5.57. The molecule has 0 fully saturated rings. The number of ether oxygens (including phenoxy) is 1. The second kappa shape index (κ2) is 5.41. The van der Waals surface area contributed by atoms with E-state index in [9.17, 15) is 13.2 Å². The highest BCUT2D eigenvalue weighted by atomic mass is 35.5. The minimum Gasteiger partial charge on any atom is -0.406 e. The van der Waals surface area contributed by atoms with Crippen molar-refractivity contribution >= 4 is 11.6 Å². The van der Waals surface area contributed by atoms with Crippen LogP contribution in [0.25, 0.3) is 0 Å². The van der Waals surface area contributed by atoms with Crippen LogP contribution in [-0.2, 0) is 10.2 Å². The Hall–Kier alpha value is -1.42. The Morgan fingerprint density at radius 3 is 2.43 bits per heavy atom. The highest BCUT2D eigenvalue weighted by Gasteiger charge is 2.35. The minimum atomic E-state index is -4.66. The summed E-state index contributed by atoms with van der Waals surface area (Å²) in [5, 5.41) is 0.646. The number of hydrogen-bond acceptors (Lipinski definition) is 1. The first-order chi connectivity index (χ1) is 9.61. The predicted octanol–water partition coefficient (Wildman–Crippen LogP) is 5.68. The Labute approximate surface area is 127 Å². The first-order valence-corrected chi connectivity index (χ1v) is 6.91. The van der Waals surface area contributed by atoms with Crippen molar-refractivity contribution in [3.05, 3.63) is 57.8 Å². The average molecular weight is 317 g/mol. The van der Waals surface area contributed by atoms with E-state index >= 15 is 0 Å². The van der Waals surface area contributed by atoms with Crippen molar-refractivity contribution in [2.75, 3.05) is 0 Å². The summed E-state index contributed by atoms with van der Waals surface area (Å²) in [6.07, 6.45) is -0.899. The molecule has 0 amide bonds. The molecule has 1 nitrogen and oxygen atoms in total. The van der Waals surface area contributed by atoms with Crippen LogP contribution in [0.3, 0.4) is 0 Å². The first-order valence-electron chi connectivity index (χ1n) is 6.53. The minimum absolute atomic E-state index is 0.119. The van der Waals surface area contributed by atoms with Crippen LogP contribution in [0.2, 0.25) is 5.02 Å². The molecule has 1 aromatic carbocycles. The normalized spacial score (nSPS) is 22.6. The fourth-order valence-electron chi connectivity index (χ4n) is 2.78. The van der Waals surface area contributed by atoms with E-state index in [4.69, 9.17) is 11.6 Å². The topological polar surface area (TPSA) is 9.23 Å². The molecule has 0 spiro atoms. The summed E-state index contributed by atoms with van der Waals surface area (Å²) >= 11 is 5.95. The second-order valence-corrected chi connectivity index (χ2v) is 5.96. The van der Waals surface area contributed by atoms with Gasteiger partial charge in [-0.2, -0.15) is 0 Å². The van der Waals surface area contributed by atoms with Gasteiger partial charge in [0.2, 0.25) is 0 Å². The largest absolute Gasteiger partial charge is 0.573 e. The summed E-state index contributed by atoms with van der Waals surface area (Å²) in [7, 11) is 0. The molecule has 0 saturated carbocycles. The van der Waals surface area contributed by atoms with Crippen LogP contribution in [-0.4, -0.2) is 6.36 Å². The van der Waals surface area contributed by atoms with Gasteiger partial charge >= 0.3 is 6.36 Å². The van der Waals surface area contributed by atoms with E-state index in [1.807, 2.05) is 32.1 Å². The maximum Gasteiger partial charge on any atom is 0.573 e. The summed E-state index contributed by atoms with van der Waals surface area (Å²) in [5.41, 5.74) is 2.18. The number of halogens is 4. The van der Waals surface area contributed by atoms with Crippen LogP contribution in [0.1, 0.15) is 31.4 Å². The Kier molecular flexibility index (Phi) is 4.11. The highest BCUT2D eigenvalue weighted by Crippen LogP contribution is 2.40. The number of rotatable bonds is 2. The van der Waals surface area contributed by atoms with Crippen molar-refractivity contribution in [3.8, 4) is 0 Å². The van der Waals surface area contributed by atoms with Gasteiger partial charge in [0.15, 0.2) is 0 Å². The van der Waals surface area contributed by atoms with E-state index in [0.717, 1.165) is 11.1 Å². The van der Waals surface area contributed by atoms with Gasteiger partial charge in [0.05, 0.1) is 0 Å². The molecule has 1 aromatic rings. The molecular weight excluding hydrogens is 301 g/mol. The van der Waals surface area contributed by atoms with Gasteiger partial charge in [-0.1, -0.05) is 30.7 Å². The zero-order valence-electron chi connectivity index (χ0n) is 12.0. The molecule has 1 unspecified atom stereocenters. The molecule has 0 bridgehead atoms. The summed E-state index contributed by atoms with van der Waals surface area (Å²) < 4.78 is 41.0. The first kappa shape index (κ1) is 16.0. The van der Waals surface area contributed by atoms with Crippen LogP contribution in [0.4, 0.5) is 13.2 Å². The van der Waals surface area contributed by atoms with Crippen molar-refractivity contribution < 1.29 is 17.9 Å². The molecule has 0 saturated heterocycles.